The van der Waals surface area contributed by atoms with Gasteiger partial charge in [-0.1, -0.05) is 44.9 Å². The van der Waals surface area contributed by atoms with Crippen molar-refractivity contribution in [3.63, 3.8) is 0 Å². The lowest BCUT2D eigenvalue weighted by Crippen LogP contribution is -2.30. The Balaban J connectivity index is 0.000000225. The molecule has 19 heteroatoms. The molecule has 2 saturated carbocycles. The molecule has 51 heavy (non-hydrogen) atoms. The first-order chi connectivity index (χ1) is 23.7. The zero-order chi connectivity index (χ0) is 36.6. The summed E-state index contributed by atoms with van der Waals surface area (Å²) in [7, 11) is -7.90. The molecular formula is C32H46F2N8O4S5. The summed E-state index contributed by atoms with van der Waals surface area (Å²) in [6.07, 6.45) is 17.1. The summed E-state index contributed by atoms with van der Waals surface area (Å²) in [5.74, 6) is -1.54. The molecular weight excluding hydrogens is 759 g/mol. The highest BCUT2D eigenvalue weighted by atomic mass is 32.2. The lowest BCUT2D eigenvalue weighted by atomic mass is 9.88. The predicted molar refractivity (Wildman–Crippen MR) is 210 cm³/mol. The molecule has 0 amide bonds. The zero-order valence-electron chi connectivity index (χ0n) is 28.1. The van der Waals surface area contributed by atoms with Crippen LogP contribution in [0.3, 0.4) is 0 Å². The fourth-order valence-electron chi connectivity index (χ4n) is 5.94. The minimum absolute atomic E-state index is 0. The molecule has 12 nitrogen and oxygen atoms in total. The van der Waals surface area contributed by atoms with E-state index in [1.54, 1.807) is 23.8 Å². The fourth-order valence-corrected chi connectivity index (χ4v) is 10.4. The molecule has 6 rings (SSSR count). The first-order valence-corrected chi connectivity index (χ1v) is 22.3. The Morgan fingerprint density at radius 3 is 1.69 bits per heavy atom. The van der Waals surface area contributed by atoms with Crippen molar-refractivity contribution in [3.05, 3.63) is 48.0 Å². The number of amidine groups is 1. The van der Waals surface area contributed by atoms with Crippen LogP contribution in [0.4, 0.5) is 20.2 Å². The second kappa shape index (κ2) is 18.3. The van der Waals surface area contributed by atoms with E-state index in [1.165, 1.54) is 85.2 Å². The highest BCUT2D eigenvalue weighted by Gasteiger charge is 2.39. The summed E-state index contributed by atoms with van der Waals surface area (Å²) in [5, 5.41) is 14.3. The van der Waals surface area contributed by atoms with Crippen LogP contribution in [-0.2, 0) is 20.0 Å². The summed E-state index contributed by atoms with van der Waals surface area (Å²) in [6.45, 7) is 2.68. The summed E-state index contributed by atoms with van der Waals surface area (Å²) in [4.78, 5) is -0.427. The first kappa shape index (κ1) is 42.7. The van der Waals surface area contributed by atoms with E-state index in [0.29, 0.717) is 16.3 Å². The summed E-state index contributed by atoms with van der Waals surface area (Å²) in [6, 6.07) is 6.66. The van der Waals surface area contributed by atoms with Gasteiger partial charge in [0.25, 0.3) is 20.0 Å². The monoisotopic (exact) mass is 804 g/mol. The van der Waals surface area contributed by atoms with Gasteiger partial charge in [0.05, 0.1) is 40.8 Å². The maximum atomic E-state index is 13.6. The third-order valence-electron chi connectivity index (χ3n) is 8.80. The Bertz CT molecular complexity index is 1850. The molecule has 2 aromatic rings. The molecule has 2 heterocycles. The van der Waals surface area contributed by atoms with Gasteiger partial charge in [-0.05, 0) is 80.8 Å². The lowest BCUT2D eigenvalue weighted by Gasteiger charge is -2.22. The molecule has 2 aliphatic heterocycles. The van der Waals surface area contributed by atoms with Gasteiger partial charge in [-0.3, -0.25) is 0 Å². The van der Waals surface area contributed by atoms with Crippen molar-refractivity contribution in [2.45, 2.75) is 68.6 Å². The number of benzene rings is 2. The summed E-state index contributed by atoms with van der Waals surface area (Å²) in [5.41, 5.74) is 11.1. The minimum Gasteiger partial charge on any atom is -0.396 e. The second-order valence-electron chi connectivity index (χ2n) is 12.3. The standard InChI is InChI=1S/C15H19FN4O2S2.C9H11FN2O2S3.C7H12N2.CH4/c1-23-14(20-10-15(9-18-20)6-2-3-7-15)19-24(21,22)11-4-5-13(17)12(16)8-11;1-15-9(16-2)12-17(13,14)6-3-4-8(11)7(10)5-6;1-2-4-7(3-1)5-8-9-6-7;/h4-5,8-9H,2-3,6-7,10,17H2,1H3;3-5H,11H2,1-2H3;1-6H2;1H4. The molecule has 0 unspecified atom stereocenters. The second-order valence-corrected chi connectivity index (χ2v) is 18.2. The Morgan fingerprint density at radius 1 is 0.765 bits per heavy atom. The van der Waals surface area contributed by atoms with Gasteiger partial charge < -0.3 is 11.5 Å². The molecule has 0 radical (unpaired) electrons. The Labute approximate surface area is 313 Å². The van der Waals surface area contributed by atoms with Gasteiger partial charge in [-0.15, -0.1) is 32.3 Å². The van der Waals surface area contributed by atoms with Crippen molar-refractivity contribution in [2.24, 2.45) is 35.0 Å². The number of anilines is 2. The molecule has 0 saturated heterocycles. The normalized spacial score (nSPS) is 18.6. The van der Waals surface area contributed by atoms with Crippen molar-refractivity contribution >= 4 is 82.5 Å². The average Bonchev–Trinajstić information content (AvgIpc) is 3.93. The van der Waals surface area contributed by atoms with E-state index in [2.05, 4.69) is 24.1 Å². The number of nitrogens with zero attached hydrogens (tertiary/aromatic N) is 6. The first-order valence-electron chi connectivity index (χ1n) is 15.7. The van der Waals surface area contributed by atoms with Crippen molar-refractivity contribution in [3.8, 4) is 0 Å². The van der Waals surface area contributed by atoms with Crippen LogP contribution in [0.25, 0.3) is 0 Å². The van der Waals surface area contributed by atoms with Gasteiger partial charge in [-0.25, -0.2) is 13.8 Å². The van der Waals surface area contributed by atoms with Gasteiger partial charge in [0, 0.05) is 17.0 Å². The molecule has 2 aliphatic carbocycles. The molecule has 2 fully saturated rings. The number of rotatable bonds is 4. The molecule has 282 valence electrons. The van der Waals surface area contributed by atoms with Gasteiger partial charge in [0.2, 0.25) is 0 Å². The number of nitrogen functional groups attached to an aromatic ring is 2. The number of hydrogen-bond acceptors (Lipinski definition) is 12. The molecule has 0 bridgehead atoms. The van der Waals surface area contributed by atoms with E-state index in [0.717, 1.165) is 50.9 Å². The topological polar surface area (TPSA) is 185 Å². The smallest absolute Gasteiger partial charge is 0.284 e. The SMILES string of the molecule is C.C1CCC2(C1)CN=NC2.CSC(=NS(=O)(=O)c1ccc(N)c(F)c1)N1CC2(C=N1)CCCC2.CSC(=NS(=O)(=O)c1ccc(N)c(F)c1)SC. The summed E-state index contributed by atoms with van der Waals surface area (Å²) < 4.78 is 83.1. The van der Waals surface area contributed by atoms with Crippen LogP contribution in [0.2, 0.25) is 0 Å². The zero-order valence-corrected chi connectivity index (χ0v) is 32.2. The van der Waals surface area contributed by atoms with Crippen LogP contribution in [-0.4, -0.2) is 76.0 Å². The average molecular weight is 805 g/mol. The van der Waals surface area contributed by atoms with Crippen molar-refractivity contribution in [1.29, 1.82) is 0 Å². The molecule has 2 spiro atoms. The number of nitrogens with two attached hydrogens (primary N) is 2. The Morgan fingerprint density at radius 2 is 1.24 bits per heavy atom. The quantitative estimate of drug-likeness (QED) is 0.178. The largest absolute Gasteiger partial charge is 0.396 e. The van der Waals surface area contributed by atoms with E-state index in [-0.39, 0.29) is 39.2 Å². The van der Waals surface area contributed by atoms with Crippen LogP contribution in [0.15, 0.2) is 70.3 Å². The lowest BCUT2D eigenvalue weighted by molar-refractivity contribution is 0.352. The maximum Gasteiger partial charge on any atom is 0.284 e. The van der Waals surface area contributed by atoms with Crippen molar-refractivity contribution in [2.75, 3.05) is 49.9 Å². The maximum absolute atomic E-state index is 13.6. The summed E-state index contributed by atoms with van der Waals surface area (Å²) >= 11 is 3.63. The predicted octanol–water partition coefficient (Wildman–Crippen LogP) is 7.50. The number of halogens is 2. The fraction of sp³-hybridized carbons (Fsp3) is 0.531. The van der Waals surface area contributed by atoms with E-state index >= 15 is 0 Å². The van der Waals surface area contributed by atoms with Gasteiger partial charge in [-0.2, -0.15) is 32.2 Å². The number of hydrazone groups is 1. The molecule has 4 aliphatic rings. The van der Waals surface area contributed by atoms with Crippen LogP contribution in [0.5, 0.6) is 0 Å². The highest BCUT2D eigenvalue weighted by molar-refractivity contribution is 8.38. The third kappa shape index (κ3) is 11.1. The Kier molecular flexibility index (Phi) is 15.3. The van der Waals surface area contributed by atoms with E-state index in [1.807, 2.05) is 6.21 Å². The van der Waals surface area contributed by atoms with Crippen LogP contribution >= 0.6 is 35.3 Å². The van der Waals surface area contributed by atoms with Gasteiger partial charge >= 0.3 is 0 Å². The molecule has 2 aromatic carbocycles. The molecule has 4 N–H and O–H groups in total. The minimum atomic E-state index is -4.03. The number of hydrogen-bond donors (Lipinski definition) is 2. The van der Waals surface area contributed by atoms with E-state index in [4.69, 9.17) is 11.5 Å². The van der Waals surface area contributed by atoms with E-state index < -0.39 is 31.7 Å². The third-order valence-corrected chi connectivity index (χ3v) is 14.2. The van der Waals surface area contributed by atoms with Gasteiger partial charge in [0.15, 0.2) is 5.17 Å². The Hall–Kier alpha value is -2.74. The number of sulfonamides is 2. The molecule has 0 aromatic heterocycles. The number of thioether (sulfide) groups is 3. The van der Waals surface area contributed by atoms with Gasteiger partial charge in [0.1, 0.15) is 16.0 Å². The number of azo groups is 1. The molecule has 0 atom stereocenters. The van der Waals surface area contributed by atoms with Crippen LogP contribution < -0.4 is 11.5 Å². The van der Waals surface area contributed by atoms with Crippen molar-refractivity contribution in [1.82, 2.24) is 5.01 Å². The van der Waals surface area contributed by atoms with Crippen LogP contribution in [0.1, 0.15) is 58.8 Å². The van der Waals surface area contributed by atoms with Crippen LogP contribution in [0, 0.1) is 22.5 Å². The van der Waals surface area contributed by atoms with Crippen molar-refractivity contribution < 1.29 is 25.6 Å². The van der Waals surface area contributed by atoms with E-state index in [9.17, 15) is 25.6 Å². The highest BCUT2D eigenvalue weighted by Crippen LogP contribution is 2.42.